The van der Waals surface area contributed by atoms with E-state index in [9.17, 15) is 0 Å². The Labute approximate surface area is 107 Å². The number of hydrogen-bond donors (Lipinski definition) is 2. The average Bonchev–Trinajstić information content (AvgIpc) is 2.42. The molecule has 0 aliphatic rings. The summed E-state index contributed by atoms with van der Waals surface area (Å²) >= 11 is 0. The molecule has 0 atom stereocenters. The highest BCUT2D eigenvalue weighted by Gasteiger charge is 1.92. The van der Waals surface area contributed by atoms with Crippen molar-refractivity contribution >= 4 is 0 Å². The highest BCUT2D eigenvalue weighted by atomic mass is 16.5. The Hall–Kier alpha value is -1.84. The Morgan fingerprint density at radius 2 is 1.17 bits per heavy atom. The van der Waals surface area contributed by atoms with Gasteiger partial charge in [0, 0.05) is 0 Å². The minimum absolute atomic E-state index is 0.417. The fraction of sp³-hybridized carbons (Fsp3) is 0.200. The molecule has 2 N–H and O–H groups in total. The molecule has 0 aromatic heterocycles. The fourth-order valence-corrected chi connectivity index (χ4v) is 1.11. The summed E-state index contributed by atoms with van der Waals surface area (Å²) in [5, 5.41) is 15.8. The average molecular weight is 246 g/mol. The lowest BCUT2D eigenvalue weighted by molar-refractivity contribution is -0.0413. The molecule has 96 valence electrons. The molecule has 0 fully saturated rings. The van der Waals surface area contributed by atoms with E-state index in [4.69, 9.17) is 14.9 Å². The topological polar surface area (TPSA) is 49.7 Å². The third-order valence-electron chi connectivity index (χ3n) is 2.09. The van der Waals surface area contributed by atoms with Crippen LogP contribution in [-0.4, -0.2) is 16.5 Å². The molecule has 0 saturated carbocycles. The summed E-state index contributed by atoms with van der Waals surface area (Å²) in [6.45, 7) is 1.70. The van der Waals surface area contributed by atoms with Gasteiger partial charge >= 0.3 is 0 Å². The third kappa shape index (κ3) is 6.03. The van der Waals surface area contributed by atoms with Gasteiger partial charge in [0.1, 0.15) is 11.5 Å². The second-order valence-electron chi connectivity index (χ2n) is 3.62. The van der Waals surface area contributed by atoms with Crippen molar-refractivity contribution in [2.75, 3.05) is 0 Å². The van der Waals surface area contributed by atoms with Gasteiger partial charge < -0.3 is 14.9 Å². The number of aliphatic hydroxyl groups excluding tert-OH is 1. The van der Waals surface area contributed by atoms with Crippen molar-refractivity contribution in [3.8, 4) is 11.5 Å². The van der Waals surface area contributed by atoms with Gasteiger partial charge in [0.15, 0.2) is 6.29 Å². The zero-order valence-electron chi connectivity index (χ0n) is 10.4. The van der Waals surface area contributed by atoms with Crippen LogP contribution in [0.2, 0.25) is 0 Å². The molecule has 2 rings (SSSR count). The fourth-order valence-electron chi connectivity index (χ4n) is 1.11. The molecule has 3 heteroatoms. The Morgan fingerprint density at radius 1 is 0.833 bits per heavy atom. The van der Waals surface area contributed by atoms with Gasteiger partial charge in [0.25, 0.3) is 0 Å². The van der Waals surface area contributed by atoms with E-state index in [0.717, 1.165) is 11.5 Å². The van der Waals surface area contributed by atoms with E-state index in [2.05, 4.69) is 0 Å². The molecule has 2 aromatic rings. The molecule has 0 unspecified atom stereocenters. The zero-order valence-corrected chi connectivity index (χ0v) is 10.4. The minimum Gasteiger partial charge on any atom is -0.457 e. The zero-order chi connectivity index (χ0) is 13.2. The smallest absolute Gasteiger partial charge is 0.151 e. The van der Waals surface area contributed by atoms with Gasteiger partial charge in [-0.05, 0) is 30.7 Å². The maximum atomic E-state index is 7.92. The molecular weight excluding hydrogens is 228 g/mol. The first kappa shape index (κ1) is 14.2. The second kappa shape index (κ2) is 8.28. The van der Waals surface area contributed by atoms with E-state index in [-0.39, 0.29) is 0 Å². The summed E-state index contributed by atoms with van der Waals surface area (Å²) in [5.74, 6) is 1.74. The molecule has 0 radical (unpaired) electrons. The van der Waals surface area contributed by atoms with Crippen molar-refractivity contribution < 1.29 is 14.9 Å². The van der Waals surface area contributed by atoms with Crippen LogP contribution in [0.15, 0.2) is 60.7 Å². The van der Waals surface area contributed by atoms with Crippen molar-refractivity contribution in [2.45, 2.75) is 19.6 Å². The highest BCUT2D eigenvalue weighted by molar-refractivity contribution is 5.30. The molecule has 0 amide bonds. The molecule has 3 nitrogen and oxygen atoms in total. The SMILES string of the molecule is CCC(O)O.c1ccc(Oc2ccccc2)cc1. The Morgan fingerprint density at radius 3 is 1.44 bits per heavy atom. The van der Waals surface area contributed by atoms with Gasteiger partial charge in [0.2, 0.25) is 0 Å². The third-order valence-corrected chi connectivity index (χ3v) is 2.09. The quantitative estimate of drug-likeness (QED) is 0.818. The lowest BCUT2D eigenvalue weighted by Gasteiger charge is -2.03. The summed E-state index contributed by atoms with van der Waals surface area (Å²) in [6, 6.07) is 19.5. The Balaban J connectivity index is 0.000000280. The van der Waals surface area contributed by atoms with Crippen LogP contribution in [0.3, 0.4) is 0 Å². The van der Waals surface area contributed by atoms with Crippen LogP contribution in [0.5, 0.6) is 11.5 Å². The highest BCUT2D eigenvalue weighted by Crippen LogP contribution is 2.19. The van der Waals surface area contributed by atoms with Gasteiger partial charge in [-0.3, -0.25) is 0 Å². The van der Waals surface area contributed by atoms with Crippen LogP contribution >= 0.6 is 0 Å². The van der Waals surface area contributed by atoms with Gasteiger partial charge in [0.05, 0.1) is 0 Å². The maximum absolute atomic E-state index is 7.92. The summed E-state index contributed by atoms with van der Waals surface area (Å²) in [7, 11) is 0. The van der Waals surface area contributed by atoms with Crippen LogP contribution in [0.4, 0.5) is 0 Å². The van der Waals surface area contributed by atoms with Crippen LogP contribution in [0.1, 0.15) is 13.3 Å². The van der Waals surface area contributed by atoms with E-state index >= 15 is 0 Å². The van der Waals surface area contributed by atoms with Gasteiger partial charge in [-0.15, -0.1) is 0 Å². The van der Waals surface area contributed by atoms with Crippen LogP contribution in [-0.2, 0) is 0 Å². The lowest BCUT2D eigenvalue weighted by atomic mass is 10.3. The molecule has 0 saturated heterocycles. The van der Waals surface area contributed by atoms with Crippen molar-refractivity contribution in [1.82, 2.24) is 0 Å². The molecule has 0 aliphatic heterocycles. The molecule has 0 spiro atoms. The summed E-state index contributed by atoms with van der Waals surface area (Å²) < 4.78 is 5.58. The van der Waals surface area contributed by atoms with Gasteiger partial charge in [-0.1, -0.05) is 43.3 Å². The monoisotopic (exact) mass is 246 g/mol. The van der Waals surface area contributed by atoms with Crippen molar-refractivity contribution in [2.24, 2.45) is 0 Å². The minimum atomic E-state index is -1.12. The number of benzene rings is 2. The van der Waals surface area contributed by atoms with Crippen LogP contribution in [0, 0.1) is 0 Å². The Bertz CT molecular complexity index is 375. The van der Waals surface area contributed by atoms with Crippen LogP contribution in [0.25, 0.3) is 0 Å². The molecular formula is C15H18O3. The van der Waals surface area contributed by atoms with Crippen molar-refractivity contribution in [1.29, 1.82) is 0 Å². The Kier molecular flexibility index (Phi) is 6.54. The van der Waals surface area contributed by atoms with Gasteiger partial charge in [-0.25, -0.2) is 0 Å². The number of ether oxygens (including phenoxy) is 1. The molecule has 0 aliphatic carbocycles. The summed E-state index contributed by atoms with van der Waals surface area (Å²) in [5.41, 5.74) is 0. The first-order chi connectivity index (χ1) is 8.72. The molecule has 0 heterocycles. The van der Waals surface area contributed by atoms with Crippen molar-refractivity contribution in [3.05, 3.63) is 60.7 Å². The first-order valence-corrected chi connectivity index (χ1v) is 5.86. The van der Waals surface area contributed by atoms with E-state index in [1.807, 2.05) is 60.7 Å². The molecule has 2 aromatic carbocycles. The number of hydrogen-bond acceptors (Lipinski definition) is 3. The van der Waals surface area contributed by atoms with E-state index in [1.54, 1.807) is 6.92 Å². The maximum Gasteiger partial charge on any atom is 0.151 e. The number of rotatable bonds is 3. The first-order valence-electron chi connectivity index (χ1n) is 5.86. The molecule has 0 bridgehead atoms. The largest absolute Gasteiger partial charge is 0.457 e. The predicted octanol–water partition coefficient (Wildman–Crippen LogP) is 3.19. The number of para-hydroxylation sites is 2. The normalized spacial score (nSPS) is 9.56. The van der Waals surface area contributed by atoms with E-state index in [0.29, 0.717) is 6.42 Å². The lowest BCUT2D eigenvalue weighted by Crippen LogP contribution is -1.99. The predicted molar refractivity (Wildman–Crippen MR) is 71.5 cm³/mol. The summed E-state index contributed by atoms with van der Waals surface area (Å²) in [4.78, 5) is 0. The van der Waals surface area contributed by atoms with E-state index in [1.165, 1.54) is 0 Å². The van der Waals surface area contributed by atoms with Crippen molar-refractivity contribution in [3.63, 3.8) is 0 Å². The van der Waals surface area contributed by atoms with E-state index < -0.39 is 6.29 Å². The molecule has 18 heavy (non-hydrogen) atoms. The summed E-state index contributed by atoms with van der Waals surface area (Å²) in [6.07, 6.45) is -0.699. The second-order valence-corrected chi connectivity index (χ2v) is 3.62. The van der Waals surface area contributed by atoms with Gasteiger partial charge in [-0.2, -0.15) is 0 Å². The standard InChI is InChI=1S/C12H10O.C3H8O2/c1-3-7-11(8-4-1)13-12-9-5-2-6-10-12;1-2-3(4)5/h1-10H;3-5H,2H2,1H3. The number of aliphatic hydroxyl groups is 2. The van der Waals surface area contributed by atoms with Crippen LogP contribution < -0.4 is 4.74 Å².